The van der Waals surface area contributed by atoms with Crippen LogP contribution in [0.25, 0.3) is 0 Å². The molecule has 0 spiro atoms. The first kappa shape index (κ1) is 14.2. The fourth-order valence-corrected chi connectivity index (χ4v) is 3.44. The van der Waals surface area contributed by atoms with Crippen molar-refractivity contribution >= 4 is 16.0 Å². The zero-order valence-corrected chi connectivity index (χ0v) is 11.9. The molecule has 106 valence electrons. The third kappa shape index (κ3) is 3.63. The Labute approximate surface area is 113 Å². The minimum absolute atomic E-state index is 0.0603. The molecule has 0 aliphatic heterocycles. The Hall–Kier alpha value is -1.21. The number of hydrogen-bond donors (Lipinski definition) is 2. The first-order valence-electron chi connectivity index (χ1n) is 6.56. The van der Waals surface area contributed by atoms with Crippen molar-refractivity contribution in [2.24, 2.45) is 11.8 Å². The number of nitrogen functional groups attached to an aromatic ring is 1. The number of nitrogens with zero attached hydrogens (tertiary/aromatic N) is 2. The maximum absolute atomic E-state index is 12.1. The Morgan fingerprint density at radius 1 is 1.32 bits per heavy atom. The lowest BCUT2D eigenvalue weighted by Gasteiger charge is -2.28. The molecule has 3 N–H and O–H groups in total. The van der Waals surface area contributed by atoms with Crippen LogP contribution < -0.4 is 10.5 Å². The van der Waals surface area contributed by atoms with Crippen molar-refractivity contribution in [2.75, 3.05) is 12.3 Å². The van der Waals surface area contributed by atoms with E-state index in [1.54, 1.807) is 0 Å². The van der Waals surface area contributed by atoms with E-state index >= 15 is 0 Å². The van der Waals surface area contributed by atoms with Gasteiger partial charge in [0.2, 0.25) is 16.0 Å². The van der Waals surface area contributed by atoms with E-state index in [1.807, 2.05) is 0 Å². The van der Waals surface area contributed by atoms with Crippen LogP contribution in [0.3, 0.4) is 0 Å². The highest BCUT2D eigenvalue weighted by molar-refractivity contribution is 7.89. The molecule has 6 nitrogen and oxygen atoms in total. The molecule has 1 aromatic rings. The highest BCUT2D eigenvalue weighted by atomic mass is 32.2. The molecule has 2 unspecified atom stereocenters. The molecule has 1 fully saturated rings. The second-order valence-corrected chi connectivity index (χ2v) is 6.92. The second-order valence-electron chi connectivity index (χ2n) is 5.15. The van der Waals surface area contributed by atoms with Crippen LogP contribution in [0.4, 0.5) is 5.95 Å². The van der Waals surface area contributed by atoms with Crippen LogP contribution in [-0.2, 0) is 10.0 Å². The van der Waals surface area contributed by atoms with Gasteiger partial charge in [0.15, 0.2) is 0 Å². The molecule has 0 amide bonds. The molecule has 0 bridgehead atoms. The summed E-state index contributed by atoms with van der Waals surface area (Å²) in [4.78, 5) is 7.47. The predicted molar refractivity (Wildman–Crippen MR) is 72.8 cm³/mol. The Morgan fingerprint density at radius 2 is 1.95 bits per heavy atom. The lowest BCUT2D eigenvalue weighted by molar-refractivity contribution is 0.257. The summed E-state index contributed by atoms with van der Waals surface area (Å²) in [6.07, 6.45) is 7.15. The third-order valence-electron chi connectivity index (χ3n) is 3.78. The number of nitrogens with one attached hydrogen (secondary N) is 1. The number of rotatable bonds is 4. The predicted octanol–water partition coefficient (Wildman–Crippen LogP) is 1.16. The van der Waals surface area contributed by atoms with E-state index in [2.05, 4.69) is 21.6 Å². The number of nitrogens with two attached hydrogens (primary N) is 1. The van der Waals surface area contributed by atoms with Crippen molar-refractivity contribution in [1.82, 2.24) is 14.7 Å². The number of hydrogen-bond acceptors (Lipinski definition) is 5. The maximum Gasteiger partial charge on any atom is 0.243 e. The molecule has 0 aromatic carbocycles. The topological polar surface area (TPSA) is 98.0 Å². The molecule has 1 aliphatic carbocycles. The van der Waals surface area contributed by atoms with Crippen LogP contribution in [0.15, 0.2) is 17.3 Å². The minimum atomic E-state index is -3.53. The van der Waals surface area contributed by atoms with Gasteiger partial charge in [0.05, 0.1) is 12.4 Å². The van der Waals surface area contributed by atoms with E-state index in [0.717, 1.165) is 6.42 Å². The van der Waals surface area contributed by atoms with Gasteiger partial charge in [-0.2, -0.15) is 0 Å². The van der Waals surface area contributed by atoms with E-state index < -0.39 is 10.0 Å². The first-order chi connectivity index (χ1) is 8.99. The Balaban J connectivity index is 1.99. The van der Waals surface area contributed by atoms with Crippen molar-refractivity contribution in [3.05, 3.63) is 12.4 Å². The van der Waals surface area contributed by atoms with E-state index in [0.29, 0.717) is 18.4 Å². The smallest absolute Gasteiger partial charge is 0.243 e. The van der Waals surface area contributed by atoms with Crippen LogP contribution >= 0.6 is 0 Å². The molecule has 1 heterocycles. The molecule has 7 heteroatoms. The summed E-state index contributed by atoms with van der Waals surface area (Å²) in [6, 6.07) is 0. The van der Waals surface area contributed by atoms with Crippen molar-refractivity contribution in [1.29, 1.82) is 0 Å². The SMILES string of the molecule is CC1CCCCC1CNS(=O)(=O)c1cnc(N)nc1. The van der Waals surface area contributed by atoms with Crippen LogP contribution in [-0.4, -0.2) is 24.9 Å². The number of sulfonamides is 1. The van der Waals surface area contributed by atoms with E-state index in [4.69, 9.17) is 5.73 Å². The highest BCUT2D eigenvalue weighted by Crippen LogP contribution is 2.29. The zero-order chi connectivity index (χ0) is 13.9. The number of anilines is 1. The second kappa shape index (κ2) is 5.83. The molecule has 1 aliphatic rings. The molecule has 2 atom stereocenters. The van der Waals surface area contributed by atoms with Gasteiger partial charge < -0.3 is 5.73 Å². The Morgan fingerprint density at radius 3 is 2.58 bits per heavy atom. The molecule has 19 heavy (non-hydrogen) atoms. The van der Waals surface area contributed by atoms with Crippen molar-refractivity contribution in [2.45, 2.75) is 37.5 Å². The average molecular weight is 284 g/mol. The monoisotopic (exact) mass is 284 g/mol. The number of aromatic nitrogens is 2. The summed E-state index contributed by atoms with van der Waals surface area (Å²) in [7, 11) is -3.53. The van der Waals surface area contributed by atoms with E-state index in [9.17, 15) is 8.42 Å². The van der Waals surface area contributed by atoms with Gasteiger partial charge in [0.25, 0.3) is 0 Å². The van der Waals surface area contributed by atoms with Gasteiger partial charge in [-0.15, -0.1) is 0 Å². The first-order valence-corrected chi connectivity index (χ1v) is 8.04. The Kier molecular flexibility index (Phi) is 4.36. The van der Waals surface area contributed by atoms with Gasteiger partial charge in [0.1, 0.15) is 4.90 Å². The van der Waals surface area contributed by atoms with Gasteiger partial charge in [-0.25, -0.2) is 23.1 Å². The molecule has 0 saturated heterocycles. The average Bonchev–Trinajstić information content (AvgIpc) is 2.38. The van der Waals surface area contributed by atoms with Crippen LogP contribution in [0.1, 0.15) is 32.6 Å². The third-order valence-corrected chi connectivity index (χ3v) is 5.16. The Bertz CT molecular complexity index is 515. The van der Waals surface area contributed by atoms with E-state index in [-0.39, 0.29) is 10.8 Å². The van der Waals surface area contributed by atoms with Crippen molar-refractivity contribution < 1.29 is 8.42 Å². The largest absolute Gasteiger partial charge is 0.368 e. The van der Waals surface area contributed by atoms with Gasteiger partial charge in [-0.3, -0.25) is 0 Å². The molecule has 2 rings (SSSR count). The zero-order valence-electron chi connectivity index (χ0n) is 11.0. The summed E-state index contributed by atoms with van der Waals surface area (Å²) in [5.74, 6) is 1.05. The summed E-state index contributed by atoms with van der Waals surface area (Å²) in [5.41, 5.74) is 5.34. The van der Waals surface area contributed by atoms with Crippen molar-refractivity contribution in [3.8, 4) is 0 Å². The van der Waals surface area contributed by atoms with Gasteiger partial charge in [0, 0.05) is 6.54 Å². The van der Waals surface area contributed by atoms with Crippen molar-refractivity contribution in [3.63, 3.8) is 0 Å². The molecule has 0 radical (unpaired) electrons. The molecule has 1 saturated carbocycles. The lowest BCUT2D eigenvalue weighted by Crippen LogP contribution is -2.33. The van der Waals surface area contributed by atoms with Crippen LogP contribution in [0, 0.1) is 11.8 Å². The molecular formula is C12H20N4O2S. The fraction of sp³-hybridized carbons (Fsp3) is 0.667. The van der Waals surface area contributed by atoms with Gasteiger partial charge in [-0.05, 0) is 18.3 Å². The summed E-state index contributed by atoms with van der Waals surface area (Å²) < 4.78 is 26.8. The molecular weight excluding hydrogens is 264 g/mol. The van der Waals surface area contributed by atoms with Crippen LogP contribution in [0.5, 0.6) is 0 Å². The highest BCUT2D eigenvalue weighted by Gasteiger charge is 2.24. The van der Waals surface area contributed by atoms with Crippen LogP contribution in [0.2, 0.25) is 0 Å². The minimum Gasteiger partial charge on any atom is -0.368 e. The lowest BCUT2D eigenvalue weighted by atomic mass is 9.81. The normalized spacial score (nSPS) is 24.3. The molecule has 1 aromatic heterocycles. The van der Waals surface area contributed by atoms with E-state index in [1.165, 1.54) is 31.7 Å². The summed E-state index contributed by atoms with van der Waals surface area (Å²) in [6.45, 7) is 2.67. The van der Waals surface area contributed by atoms with Gasteiger partial charge >= 0.3 is 0 Å². The fourth-order valence-electron chi connectivity index (χ4n) is 2.46. The summed E-state index contributed by atoms with van der Waals surface area (Å²) >= 11 is 0. The standard InChI is InChI=1S/C12H20N4O2S/c1-9-4-2-3-5-10(9)6-16-19(17,18)11-7-14-12(13)15-8-11/h7-10,16H,2-6H2,1H3,(H2,13,14,15). The summed E-state index contributed by atoms with van der Waals surface area (Å²) in [5, 5.41) is 0. The van der Waals surface area contributed by atoms with Gasteiger partial charge in [-0.1, -0.05) is 26.2 Å². The maximum atomic E-state index is 12.1. The quantitative estimate of drug-likeness (QED) is 0.864.